The van der Waals surface area contributed by atoms with Gasteiger partial charge in [0.25, 0.3) is 5.91 Å². The van der Waals surface area contributed by atoms with E-state index >= 15 is 0 Å². The lowest BCUT2D eigenvalue weighted by molar-refractivity contribution is 0.0625. The number of aromatic nitrogens is 2. The molecule has 4 rings (SSSR count). The van der Waals surface area contributed by atoms with Crippen LogP contribution in [0.5, 0.6) is 0 Å². The Bertz CT molecular complexity index is 1080. The second-order valence-electron chi connectivity index (χ2n) is 6.53. The summed E-state index contributed by atoms with van der Waals surface area (Å²) in [5.41, 5.74) is 1.88. The monoisotopic (exact) mass is 416 g/mol. The van der Waals surface area contributed by atoms with E-state index in [-0.39, 0.29) is 5.91 Å². The molecule has 0 saturated carbocycles. The van der Waals surface area contributed by atoms with Crippen molar-refractivity contribution in [2.45, 2.75) is 6.92 Å². The van der Waals surface area contributed by atoms with Gasteiger partial charge in [0.2, 0.25) is 0 Å². The van der Waals surface area contributed by atoms with E-state index in [2.05, 4.69) is 9.97 Å². The van der Waals surface area contributed by atoms with Crippen LogP contribution in [0, 0.1) is 6.92 Å². The van der Waals surface area contributed by atoms with Crippen LogP contribution in [0.4, 0.5) is 4.79 Å². The Morgan fingerprint density at radius 1 is 1.14 bits per heavy atom. The summed E-state index contributed by atoms with van der Waals surface area (Å²) in [5, 5.41) is 11.3. The van der Waals surface area contributed by atoms with Crippen LogP contribution >= 0.6 is 22.9 Å². The van der Waals surface area contributed by atoms with Gasteiger partial charge in [-0.05, 0) is 25.1 Å². The molecule has 0 unspecified atom stereocenters. The molecule has 3 aromatic rings. The third-order valence-corrected chi connectivity index (χ3v) is 5.97. The SMILES string of the molecule is Cc1ncc(-c2cc(Cl)c3ccc(C(=O)N4CCN(C(=O)O)CC4)cc3n2)s1. The smallest absolute Gasteiger partial charge is 0.407 e. The van der Waals surface area contributed by atoms with E-state index in [1.54, 1.807) is 29.3 Å². The standard InChI is InChI=1S/C19H17ClN4O3S/c1-11-21-10-17(28-11)16-9-14(20)13-3-2-12(8-15(13)22-16)18(25)23-4-6-24(7-5-23)19(26)27/h2-3,8-10H,4-7H2,1H3,(H,26,27). The summed E-state index contributed by atoms with van der Waals surface area (Å²) in [7, 11) is 0. The maximum absolute atomic E-state index is 12.9. The quantitative estimate of drug-likeness (QED) is 0.687. The molecule has 1 aliphatic rings. The number of carbonyl (C=O) groups excluding carboxylic acids is 1. The molecule has 1 aromatic carbocycles. The van der Waals surface area contributed by atoms with Crippen LogP contribution in [0.1, 0.15) is 15.4 Å². The van der Waals surface area contributed by atoms with Gasteiger partial charge in [0.15, 0.2) is 0 Å². The Balaban J connectivity index is 1.63. The maximum Gasteiger partial charge on any atom is 0.407 e. The van der Waals surface area contributed by atoms with Crippen molar-refractivity contribution in [3.63, 3.8) is 0 Å². The van der Waals surface area contributed by atoms with Gasteiger partial charge >= 0.3 is 6.09 Å². The van der Waals surface area contributed by atoms with Crippen LogP contribution in [-0.2, 0) is 0 Å². The number of fused-ring (bicyclic) bond motifs is 1. The van der Waals surface area contributed by atoms with Crippen molar-refractivity contribution in [3.05, 3.63) is 46.1 Å². The molecule has 2 amide bonds. The van der Waals surface area contributed by atoms with Gasteiger partial charge < -0.3 is 14.9 Å². The first-order valence-electron chi connectivity index (χ1n) is 8.72. The summed E-state index contributed by atoms with van der Waals surface area (Å²) in [5.74, 6) is -0.135. The van der Waals surface area contributed by atoms with Crippen molar-refractivity contribution in [1.29, 1.82) is 0 Å². The van der Waals surface area contributed by atoms with Crippen LogP contribution in [0.15, 0.2) is 30.5 Å². The zero-order valence-corrected chi connectivity index (χ0v) is 16.6. The number of amides is 2. The topological polar surface area (TPSA) is 86.6 Å². The van der Waals surface area contributed by atoms with E-state index in [1.807, 2.05) is 13.0 Å². The minimum Gasteiger partial charge on any atom is -0.465 e. The zero-order valence-electron chi connectivity index (χ0n) is 15.1. The van der Waals surface area contributed by atoms with E-state index in [4.69, 9.17) is 16.7 Å². The predicted molar refractivity (Wildman–Crippen MR) is 108 cm³/mol. The molecule has 144 valence electrons. The van der Waals surface area contributed by atoms with E-state index in [0.717, 1.165) is 21.0 Å². The first kappa shape index (κ1) is 18.6. The van der Waals surface area contributed by atoms with Gasteiger partial charge in [0, 0.05) is 43.3 Å². The van der Waals surface area contributed by atoms with Gasteiger partial charge in [0.05, 0.1) is 26.1 Å². The molecule has 7 nitrogen and oxygen atoms in total. The van der Waals surface area contributed by atoms with Crippen LogP contribution < -0.4 is 0 Å². The fraction of sp³-hybridized carbons (Fsp3) is 0.263. The first-order valence-corrected chi connectivity index (χ1v) is 9.92. The number of carboxylic acid groups (broad SMARTS) is 1. The van der Waals surface area contributed by atoms with Crippen molar-refractivity contribution >= 4 is 45.8 Å². The number of benzene rings is 1. The van der Waals surface area contributed by atoms with Gasteiger partial charge in [-0.2, -0.15) is 0 Å². The number of pyridine rings is 1. The number of aryl methyl sites for hydroxylation is 1. The highest BCUT2D eigenvalue weighted by Crippen LogP contribution is 2.31. The third kappa shape index (κ3) is 3.53. The number of carbonyl (C=O) groups is 2. The molecule has 1 aliphatic heterocycles. The van der Waals surface area contributed by atoms with E-state index in [0.29, 0.717) is 42.3 Å². The molecule has 1 fully saturated rings. The molecule has 28 heavy (non-hydrogen) atoms. The minimum atomic E-state index is -0.956. The van der Waals surface area contributed by atoms with E-state index < -0.39 is 6.09 Å². The lowest BCUT2D eigenvalue weighted by atomic mass is 10.1. The molecule has 9 heteroatoms. The van der Waals surface area contributed by atoms with Crippen molar-refractivity contribution < 1.29 is 14.7 Å². The maximum atomic E-state index is 12.9. The zero-order chi connectivity index (χ0) is 19.8. The molecule has 1 saturated heterocycles. The highest BCUT2D eigenvalue weighted by molar-refractivity contribution is 7.15. The first-order chi connectivity index (χ1) is 13.4. The van der Waals surface area contributed by atoms with Gasteiger partial charge in [-0.3, -0.25) is 4.79 Å². The lowest BCUT2D eigenvalue weighted by Gasteiger charge is -2.33. The molecular weight excluding hydrogens is 400 g/mol. The number of hydrogen-bond donors (Lipinski definition) is 1. The van der Waals surface area contributed by atoms with Gasteiger partial charge in [-0.1, -0.05) is 17.7 Å². The molecule has 2 aromatic heterocycles. The number of nitrogens with zero attached hydrogens (tertiary/aromatic N) is 4. The van der Waals surface area contributed by atoms with Gasteiger partial charge in [0.1, 0.15) is 0 Å². The summed E-state index contributed by atoms with van der Waals surface area (Å²) >= 11 is 7.97. The number of thiazole rings is 1. The fourth-order valence-corrected chi connectivity index (χ4v) is 4.21. The molecule has 0 bridgehead atoms. The molecule has 0 aliphatic carbocycles. The number of rotatable bonds is 2. The Kier molecular flexibility index (Phi) is 4.91. The fourth-order valence-electron chi connectivity index (χ4n) is 3.21. The number of halogens is 1. The summed E-state index contributed by atoms with van der Waals surface area (Å²) in [4.78, 5) is 36.7. The van der Waals surface area contributed by atoms with Crippen molar-refractivity contribution in [1.82, 2.24) is 19.8 Å². The molecule has 0 radical (unpaired) electrons. The predicted octanol–water partition coefficient (Wildman–Crippen LogP) is 3.76. The highest BCUT2D eigenvalue weighted by atomic mass is 35.5. The second-order valence-corrected chi connectivity index (χ2v) is 8.17. The van der Waals surface area contributed by atoms with Gasteiger partial charge in [-0.25, -0.2) is 14.8 Å². The Labute approximate surface area is 170 Å². The minimum absolute atomic E-state index is 0.135. The molecular formula is C19H17ClN4O3S. The molecule has 0 atom stereocenters. The molecule has 3 heterocycles. The Morgan fingerprint density at radius 3 is 2.50 bits per heavy atom. The summed E-state index contributed by atoms with van der Waals surface area (Å²) in [6.07, 6.45) is 0.809. The normalized spacial score (nSPS) is 14.5. The average Bonchev–Trinajstić information content (AvgIpc) is 3.13. The van der Waals surface area contributed by atoms with Gasteiger partial charge in [-0.15, -0.1) is 11.3 Å². The highest BCUT2D eigenvalue weighted by Gasteiger charge is 2.24. The second kappa shape index (κ2) is 7.37. The third-order valence-electron chi connectivity index (χ3n) is 4.72. The number of piperazine rings is 1. The summed E-state index contributed by atoms with van der Waals surface area (Å²) in [6, 6.07) is 7.08. The van der Waals surface area contributed by atoms with Crippen LogP contribution in [0.3, 0.4) is 0 Å². The average molecular weight is 417 g/mol. The van der Waals surface area contributed by atoms with Crippen LogP contribution in [-0.4, -0.2) is 63.1 Å². The molecule has 1 N–H and O–H groups in total. The number of hydrogen-bond acceptors (Lipinski definition) is 5. The molecule has 0 spiro atoms. The Morgan fingerprint density at radius 2 is 1.86 bits per heavy atom. The van der Waals surface area contributed by atoms with Crippen LogP contribution in [0.2, 0.25) is 5.02 Å². The summed E-state index contributed by atoms with van der Waals surface area (Å²) in [6.45, 7) is 3.30. The van der Waals surface area contributed by atoms with Crippen LogP contribution in [0.25, 0.3) is 21.5 Å². The Hall–Kier alpha value is -2.71. The largest absolute Gasteiger partial charge is 0.465 e. The van der Waals surface area contributed by atoms with Crippen molar-refractivity contribution in [2.24, 2.45) is 0 Å². The van der Waals surface area contributed by atoms with Crippen molar-refractivity contribution in [3.8, 4) is 10.6 Å². The van der Waals surface area contributed by atoms with E-state index in [1.165, 1.54) is 16.2 Å². The lowest BCUT2D eigenvalue weighted by Crippen LogP contribution is -2.50. The van der Waals surface area contributed by atoms with E-state index in [9.17, 15) is 9.59 Å². The summed E-state index contributed by atoms with van der Waals surface area (Å²) < 4.78 is 0. The van der Waals surface area contributed by atoms with Crippen molar-refractivity contribution in [2.75, 3.05) is 26.2 Å².